The fourth-order valence-corrected chi connectivity index (χ4v) is 5.92. The smallest absolute Gasteiger partial charge is 0.338 e. The van der Waals surface area contributed by atoms with Gasteiger partial charge in [0.25, 0.3) is 0 Å². The lowest BCUT2D eigenvalue weighted by atomic mass is 9.94. The number of ether oxygens (including phenoxy) is 3. The van der Waals surface area contributed by atoms with Crippen molar-refractivity contribution < 1.29 is 19.0 Å². The maximum absolute atomic E-state index is 13.5. The molecule has 2 aromatic carbocycles. The van der Waals surface area contributed by atoms with Gasteiger partial charge in [-0.15, -0.1) is 0 Å². The van der Waals surface area contributed by atoms with Crippen LogP contribution in [-0.2, 0) is 16.1 Å². The summed E-state index contributed by atoms with van der Waals surface area (Å²) in [6.07, 6.45) is 4.92. The summed E-state index contributed by atoms with van der Waals surface area (Å²) in [4.78, 5) is 13.5. The van der Waals surface area contributed by atoms with E-state index in [0.717, 1.165) is 25.7 Å². The number of aromatic nitrogens is 4. The van der Waals surface area contributed by atoms with E-state index in [1.54, 1.807) is 36.1 Å². The maximum Gasteiger partial charge on any atom is 0.338 e. The van der Waals surface area contributed by atoms with Gasteiger partial charge in [-0.05, 0) is 88.8 Å². The van der Waals surface area contributed by atoms with E-state index in [0.29, 0.717) is 54.4 Å². The molecule has 5 rings (SSSR count). The number of nitrogens with one attached hydrogen (secondary N) is 1. The van der Waals surface area contributed by atoms with Gasteiger partial charge in [0.15, 0.2) is 11.5 Å². The van der Waals surface area contributed by atoms with Crippen molar-refractivity contribution in [2.24, 2.45) is 0 Å². The Morgan fingerprint density at radius 1 is 1.18 bits per heavy atom. The second-order valence-electron chi connectivity index (χ2n) is 9.20. The standard InChI is InChI=1S/C26H26BrCl2N5O4/c1-14-22(25(35)38-16-7-4-3-5-8-16)23(34-26(30-14)31-32-33-34)15-11-18(27)24(21(12-15)36-2)37-13-17-19(28)9-6-10-20(17)29/h6,9-12,16,23H,3-5,7-8,13H2,1-2H3,(H,30,31,33). The number of halogens is 3. The lowest BCUT2D eigenvalue weighted by Gasteiger charge is -2.30. The van der Waals surface area contributed by atoms with E-state index >= 15 is 0 Å². The number of hydrogen-bond donors (Lipinski definition) is 1. The molecule has 2 aliphatic rings. The normalized spacial score (nSPS) is 17.6. The molecule has 0 bridgehead atoms. The number of carbonyl (C=O) groups excluding carboxylic acids is 1. The van der Waals surface area contributed by atoms with Crippen LogP contribution in [0.1, 0.15) is 56.2 Å². The Bertz CT molecular complexity index is 1370. The largest absolute Gasteiger partial charge is 0.493 e. The number of allylic oxidation sites excluding steroid dienone is 1. The molecule has 38 heavy (non-hydrogen) atoms. The molecule has 1 aliphatic carbocycles. The van der Waals surface area contributed by atoms with Crippen LogP contribution >= 0.6 is 39.1 Å². The third-order valence-corrected chi connectivity index (χ3v) is 8.05. The van der Waals surface area contributed by atoms with E-state index in [9.17, 15) is 4.79 Å². The van der Waals surface area contributed by atoms with E-state index in [1.165, 1.54) is 6.42 Å². The highest BCUT2D eigenvalue weighted by Crippen LogP contribution is 2.43. The predicted octanol–water partition coefficient (Wildman–Crippen LogP) is 6.49. The summed E-state index contributed by atoms with van der Waals surface area (Å²) in [6.45, 7) is 1.95. The Balaban J connectivity index is 1.49. The summed E-state index contributed by atoms with van der Waals surface area (Å²) < 4.78 is 19.9. The van der Waals surface area contributed by atoms with Gasteiger partial charge in [0.2, 0.25) is 5.95 Å². The Labute approximate surface area is 238 Å². The van der Waals surface area contributed by atoms with Crippen molar-refractivity contribution in [3.63, 3.8) is 0 Å². The van der Waals surface area contributed by atoms with Crippen LogP contribution in [0.25, 0.3) is 0 Å². The zero-order valence-corrected chi connectivity index (χ0v) is 23.9. The first-order chi connectivity index (χ1) is 18.4. The second kappa shape index (κ2) is 11.5. The van der Waals surface area contributed by atoms with Crippen molar-refractivity contribution in [2.75, 3.05) is 12.4 Å². The van der Waals surface area contributed by atoms with Gasteiger partial charge >= 0.3 is 5.97 Å². The number of anilines is 1. The maximum atomic E-state index is 13.5. The minimum atomic E-state index is -0.644. The Hall–Kier alpha value is -2.82. The van der Waals surface area contributed by atoms with Crippen LogP contribution in [0.2, 0.25) is 10.0 Å². The predicted molar refractivity (Wildman–Crippen MR) is 147 cm³/mol. The molecule has 0 spiro atoms. The van der Waals surface area contributed by atoms with Crippen LogP contribution in [0, 0.1) is 0 Å². The summed E-state index contributed by atoms with van der Waals surface area (Å²) >= 11 is 16.3. The average Bonchev–Trinajstić information content (AvgIpc) is 3.36. The molecule has 9 nitrogen and oxygen atoms in total. The summed E-state index contributed by atoms with van der Waals surface area (Å²) in [5, 5.41) is 16.2. The van der Waals surface area contributed by atoms with Gasteiger partial charge in [-0.3, -0.25) is 0 Å². The van der Waals surface area contributed by atoms with Gasteiger partial charge in [-0.25, -0.2) is 4.79 Å². The molecule has 0 radical (unpaired) electrons. The number of hydrogen-bond acceptors (Lipinski definition) is 8. The first kappa shape index (κ1) is 26.8. The number of carbonyl (C=O) groups is 1. The van der Waals surface area contributed by atoms with Crippen LogP contribution in [0.4, 0.5) is 5.95 Å². The number of tetrazole rings is 1. The molecular weight excluding hydrogens is 597 g/mol. The molecule has 1 atom stereocenters. The first-order valence-corrected chi connectivity index (χ1v) is 13.8. The van der Waals surface area contributed by atoms with Gasteiger partial charge in [0, 0.05) is 21.3 Å². The molecule has 200 valence electrons. The lowest BCUT2D eigenvalue weighted by molar-refractivity contribution is -0.146. The molecule has 1 saturated carbocycles. The molecular formula is C26H26BrCl2N5O4. The van der Waals surface area contributed by atoms with Gasteiger partial charge in [-0.2, -0.15) is 4.68 Å². The molecule has 1 aliphatic heterocycles. The highest BCUT2D eigenvalue weighted by molar-refractivity contribution is 9.10. The van der Waals surface area contributed by atoms with E-state index in [1.807, 2.05) is 13.0 Å². The highest BCUT2D eigenvalue weighted by atomic mass is 79.9. The third-order valence-electron chi connectivity index (χ3n) is 6.75. The van der Waals surface area contributed by atoms with Gasteiger partial charge in [0.1, 0.15) is 18.8 Å². The topological polar surface area (TPSA) is 100 Å². The van der Waals surface area contributed by atoms with E-state index in [4.69, 9.17) is 37.4 Å². The molecule has 12 heteroatoms. The molecule has 0 amide bonds. The van der Waals surface area contributed by atoms with Gasteiger partial charge in [-0.1, -0.05) is 40.8 Å². The number of nitrogens with zero attached hydrogens (tertiary/aromatic N) is 4. The molecule has 1 N–H and O–H groups in total. The number of fused-ring (bicyclic) bond motifs is 1. The number of esters is 1. The van der Waals surface area contributed by atoms with Crippen molar-refractivity contribution in [3.05, 3.63) is 67.2 Å². The van der Waals surface area contributed by atoms with Crippen molar-refractivity contribution in [1.82, 2.24) is 20.2 Å². The van der Waals surface area contributed by atoms with E-state index in [-0.39, 0.29) is 12.7 Å². The minimum Gasteiger partial charge on any atom is -0.493 e. The van der Waals surface area contributed by atoms with Crippen molar-refractivity contribution in [3.8, 4) is 11.5 Å². The van der Waals surface area contributed by atoms with Crippen LogP contribution in [0.3, 0.4) is 0 Å². The number of benzene rings is 2. The summed E-state index contributed by atoms with van der Waals surface area (Å²) in [7, 11) is 1.55. The monoisotopic (exact) mass is 621 g/mol. The third kappa shape index (κ3) is 5.34. The number of rotatable bonds is 7. The number of methoxy groups -OCH3 is 1. The molecule has 1 unspecified atom stereocenters. The summed E-state index contributed by atoms with van der Waals surface area (Å²) in [6, 6.07) is 8.30. The van der Waals surface area contributed by atoms with Crippen molar-refractivity contribution >= 4 is 51.0 Å². The average molecular weight is 623 g/mol. The Morgan fingerprint density at radius 2 is 1.92 bits per heavy atom. The molecule has 3 aromatic rings. The summed E-state index contributed by atoms with van der Waals surface area (Å²) in [5.41, 5.74) is 2.43. The van der Waals surface area contributed by atoms with Gasteiger partial charge < -0.3 is 19.5 Å². The van der Waals surface area contributed by atoms with Gasteiger partial charge in [0.05, 0.1) is 17.2 Å². The second-order valence-corrected chi connectivity index (χ2v) is 10.9. The van der Waals surface area contributed by atoms with Crippen molar-refractivity contribution in [1.29, 1.82) is 0 Å². The molecule has 1 aromatic heterocycles. The Kier molecular flexibility index (Phi) is 8.11. The molecule has 1 fully saturated rings. The quantitative estimate of drug-likeness (QED) is 0.298. The zero-order valence-electron chi connectivity index (χ0n) is 20.8. The minimum absolute atomic E-state index is 0.0962. The first-order valence-electron chi connectivity index (χ1n) is 12.3. The zero-order chi connectivity index (χ0) is 26.8. The fourth-order valence-electron chi connectivity index (χ4n) is 4.83. The summed E-state index contributed by atoms with van der Waals surface area (Å²) in [5.74, 6) is 0.941. The fraction of sp³-hybridized carbons (Fsp3) is 0.385. The van der Waals surface area contributed by atoms with Crippen molar-refractivity contribution in [2.45, 2.75) is 57.8 Å². The highest BCUT2D eigenvalue weighted by Gasteiger charge is 2.37. The molecule has 0 saturated heterocycles. The van der Waals surface area contributed by atoms with Crippen LogP contribution < -0.4 is 14.8 Å². The van der Waals surface area contributed by atoms with Crippen LogP contribution in [0.15, 0.2) is 46.1 Å². The SMILES string of the molecule is COc1cc(C2C(C(=O)OC3CCCCC3)=C(C)Nc3nnnn32)cc(Br)c1OCc1c(Cl)cccc1Cl. The Morgan fingerprint density at radius 3 is 2.63 bits per heavy atom. The van der Waals surface area contributed by atoms with E-state index < -0.39 is 12.0 Å². The van der Waals surface area contributed by atoms with Crippen LogP contribution in [0.5, 0.6) is 11.5 Å². The van der Waals surface area contributed by atoms with E-state index in [2.05, 4.69) is 36.8 Å². The lowest BCUT2D eigenvalue weighted by Crippen LogP contribution is -2.32. The molecule has 2 heterocycles. The van der Waals surface area contributed by atoms with Crippen LogP contribution in [-0.4, -0.2) is 39.4 Å².